The number of pyridine rings is 1. The number of anilines is 1. The Hall–Kier alpha value is -2.61. The first kappa shape index (κ1) is 15.9. The van der Waals surface area contributed by atoms with Gasteiger partial charge in [0.25, 0.3) is 10.0 Å². The fourth-order valence-electron chi connectivity index (χ4n) is 3.28. The van der Waals surface area contributed by atoms with Gasteiger partial charge in [0, 0.05) is 25.2 Å². The van der Waals surface area contributed by atoms with E-state index in [2.05, 4.69) is 10.1 Å². The number of methoxy groups -OCH3 is 1. The monoisotopic (exact) mass is 358 g/mol. The lowest BCUT2D eigenvalue weighted by Crippen LogP contribution is -2.29. The molecular weight excluding hydrogens is 340 g/mol. The van der Waals surface area contributed by atoms with Crippen molar-refractivity contribution in [2.75, 3.05) is 18.0 Å². The van der Waals surface area contributed by atoms with Crippen molar-refractivity contribution in [1.82, 2.24) is 14.8 Å². The normalized spacial score (nSPS) is 14.1. The van der Waals surface area contributed by atoms with Crippen molar-refractivity contribution >= 4 is 26.7 Å². The summed E-state index contributed by atoms with van der Waals surface area (Å²) in [4.78, 5) is 4.48. The molecule has 1 aromatic carbocycles. The quantitative estimate of drug-likeness (QED) is 0.716. The fourth-order valence-corrected chi connectivity index (χ4v) is 4.76. The second-order valence-corrected chi connectivity index (χ2v) is 7.94. The Morgan fingerprint density at radius 3 is 2.80 bits per heavy atom. The highest BCUT2D eigenvalue weighted by molar-refractivity contribution is 7.92. The van der Waals surface area contributed by atoms with Crippen LogP contribution in [0.2, 0.25) is 0 Å². The number of nitrogens with zero attached hydrogens (tertiary/aromatic N) is 4. The molecule has 3 aromatic rings. The zero-order valence-electron chi connectivity index (χ0n) is 14.2. The summed E-state index contributed by atoms with van der Waals surface area (Å²) in [6.45, 7) is 2.26. The highest BCUT2D eigenvalue weighted by atomic mass is 32.2. The molecule has 0 bridgehead atoms. The molecule has 2 aromatic heterocycles. The number of fused-ring (bicyclic) bond motifs is 2. The Balaban J connectivity index is 1.80. The van der Waals surface area contributed by atoms with Gasteiger partial charge < -0.3 is 4.74 Å². The van der Waals surface area contributed by atoms with Gasteiger partial charge in [-0.2, -0.15) is 5.10 Å². The van der Waals surface area contributed by atoms with Crippen LogP contribution in [0.15, 0.2) is 35.4 Å². The van der Waals surface area contributed by atoms with Gasteiger partial charge in [-0.1, -0.05) is 0 Å². The lowest BCUT2D eigenvalue weighted by molar-refractivity contribution is 0.414. The van der Waals surface area contributed by atoms with Gasteiger partial charge in [-0.05, 0) is 43.2 Å². The van der Waals surface area contributed by atoms with E-state index in [-0.39, 0.29) is 4.90 Å². The van der Waals surface area contributed by atoms with Gasteiger partial charge in [0.1, 0.15) is 10.6 Å². The van der Waals surface area contributed by atoms with Crippen LogP contribution in [-0.2, 0) is 23.5 Å². The molecule has 7 nitrogen and oxygen atoms in total. The average Bonchev–Trinajstić information content (AvgIpc) is 3.15. The van der Waals surface area contributed by atoms with E-state index in [4.69, 9.17) is 4.74 Å². The van der Waals surface area contributed by atoms with E-state index in [1.54, 1.807) is 37.0 Å². The Kier molecular flexibility index (Phi) is 3.47. The smallest absolute Gasteiger partial charge is 0.265 e. The molecule has 0 atom stereocenters. The van der Waals surface area contributed by atoms with Crippen LogP contribution in [0.3, 0.4) is 0 Å². The first-order chi connectivity index (χ1) is 11.9. The zero-order valence-corrected chi connectivity index (χ0v) is 15.0. The van der Waals surface area contributed by atoms with Gasteiger partial charge in [-0.3, -0.25) is 8.99 Å². The third kappa shape index (κ3) is 2.36. The van der Waals surface area contributed by atoms with Gasteiger partial charge in [0.05, 0.1) is 18.5 Å². The van der Waals surface area contributed by atoms with Crippen LogP contribution in [0, 0.1) is 6.92 Å². The summed E-state index contributed by atoms with van der Waals surface area (Å²) >= 11 is 0. The molecular formula is C17H18N4O3S. The third-order valence-corrected chi connectivity index (χ3v) is 6.34. The maximum absolute atomic E-state index is 13.1. The molecule has 0 spiro atoms. The number of hydrogen-bond acceptors (Lipinski definition) is 5. The van der Waals surface area contributed by atoms with Crippen LogP contribution in [0.4, 0.5) is 5.69 Å². The number of sulfonamides is 1. The second-order valence-electron chi connectivity index (χ2n) is 6.07. The fraction of sp³-hybridized carbons (Fsp3) is 0.294. The molecule has 4 rings (SSSR count). The molecule has 1 aliphatic rings. The highest BCUT2D eigenvalue weighted by Crippen LogP contribution is 2.35. The first-order valence-corrected chi connectivity index (χ1v) is 9.35. The molecule has 0 amide bonds. The van der Waals surface area contributed by atoms with Crippen LogP contribution in [0.1, 0.15) is 11.3 Å². The van der Waals surface area contributed by atoms with E-state index in [0.29, 0.717) is 24.3 Å². The van der Waals surface area contributed by atoms with Crippen LogP contribution < -0.4 is 9.04 Å². The van der Waals surface area contributed by atoms with E-state index < -0.39 is 10.0 Å². The van der Waals surface area contributed by atoms with Crippen molar-refractivity contribution in [3.63, 3.8) is 0 Å². The molecule has 25 heavy (non-hydrogen) atoms. The largest absolute Gasteiger partial charge is 0.497 e. The van der Waals surface area contributed by atoms with Crippen molar-refractivity contribution in [2.45, 2.75) is 18.2 Å². The molecule has 0 radical (unpaired) electrons. The molecule has 0 aliphatic carbocycles. The summed E-state index contributed by atoms with van der Waals surface area (Å²) in [6, 6.07) is 7.11. The summed E-state index contributed by atoms with van der Waals surface area (Å²) in [7, 11) is -0.286. The Labute approximate surface area is 145 Å². The van der Waals surface area contributed by atoms with Gasteiger partial charge in [-0.25, -0.2) is 13.4 Å². The molecule has 0 saturated carbocycles. The molecule has 0 unspecified atom stereocenters. The van der Waals surface area contributed by atoms with E-state index in [1.807, 2.05) is 13.0 Å². The number of hydrogen-bond donors (Lipinski definition) is 0. The van der Waals surface area contributed by atoms with Crippen LogP contribution in [-0.4, -0.2) is 36.8 Å². The molecule has 0 N–H and O–H groups in total. The van der Waals surface area contributed by atoms with Crippen LogP contribution in [0.5, 0.6) is 5.75 Å². The first-order valence-electron chi connectivity index (χ1n) is 7.91. The number of ether oxygens (including phenoxy) is 1. The summed E-state index contributed by atoms with van der Waals surface area (Å²) < 4.78 is 34.6. The Morgan fingerprint density at radius 1 is 1.24 bits per heavy atom. The molecule has 0 saturated heterocycles. The van der Waals surface area contributed by atoms with Crippen molar-refractivity contribution in [2.24, 2.45) is 7.05 Å². The maximum atomic E-state index is 13.1. The molecule has 130 valence electrons. The summed E-state index contributed by atoms with van der Waals surface area (Å²) in [6.07, 6.45) is 2.06. The van der Waals surface area contributed by atoms with E-state index in [9.17, 15) is 8.42 Å². The molecule has 1 aliphatic heterocycles. The van der Waals surface area contributed by atoms with Crippen molar-refractivity contribution < 1.29 is 13.2 Å². The van der Waals surface area contributed by atoms with E-state index >= 15 is 0 Å². The maximum Gasteiger partial charge on any atom is 0.265 e. The van der Waals surface area contributed by atoms with Crippen molar-refractivity contribution in [3.8, 4) is 5.75 Å². The van der Waals surface area contributed by atoms with Crippen LogP contribution >= 0.6 is 0 Å². The topological polar surface area (TPSA) is 77.3 Å². The van der Waals surface area contributed by atoms with Crippen molar-refractivity contribution in [1.29, 1.82) is 0 Å². The standard InChI is InChI=1S/C17H18N4O3S/c1-11-15-9-14(10-18-17(15)20(2)19-11)25(22,23)21-7-6-12-8-13(24-3)4-5-16(12)21/h4-5,8-10H,6-7H2,1-3H3. The number of aryl methyl sites for hydroxylation is 2. The van der Waals surface area contributed by atoms with E-state index in [1.165, 1.54) is 10.5 Å². The average molecular weight is 358 g/mol. The minimum absolute atomic E-state index is 0.180. The minimum Gasteiger partial charge on any atom is -0.497 e. The number of aromatic nitrogens is 3. The van der Waals surface area contributed by atoms with Gasteiger partial charge in [0.15, 0.2) is 5.65 Å². The summed E-state index contributed by atoms with van der Waals surface area (Å²) in [5, 5.41) is 5.05. The van der Waals surface area contributed by atoms with Crippen molar-refractivity contribution in [3.05, 3.63) is 41.7 Å². The van der Waals surface area contributed by atoms with Crippen LogP contribution in [0.25, 0.3) is 11.0 Å². The van der Waals surface area contributed by atoms with Gasteiger partial charge in [-0.15, -0.1) is 0 Å². The zero-order chi connectivity index (χ0) is 17.8. The SMILES string of the molecule is COc1ccc2c(c1)CCN2S(=O)(=O)c1cnc2c(c1)c(C)nn2C. The Bertz CT molecular complexity index is 1090. The minimum atomic E-state index is -3.68. The lowest BCUT2D eigenvalue weighted by Gasteiger charge is -2.19. The summed E-state index contributed by atoms with van der Waals surface area (Å²) in [5.41, 5.74) is 3.09. The van der Waals surface area contributed by atoms with Gasteiger partial charge in [0.2, 0.25) is 0 Å². The predicted octanol–water partition coefficient (Wildman–Crippen LogP) is 2.04. The lowest BCUT2D eigenvalue weighted by atomic mass is 10.1. The van der Waals surface area contributed by atoms with E-state index in [0.717, 1.165) is 22.4 Å². The highest BCUT2D eigenvalue weighted by Gasteiger charge is 2.31. The Morgan fingerprint density at radius 2 is 2.04 bits per heavy atom. The number of benzene rings is 1. The molecule has 0 fully saturated rings. The second kappa shape index (κ2) is 5.45. The summed E-state index contributed by atoms with van der Waals surface area (Å²) in [5.74, 6) is 0.729. The molecule has 3 heterocycles. The molecule has 8 heteroatoms. The number of rotatable bonds is 3. The predicted molar refractivity (Wildman–Crippen MR) is 94.5 cm³/mol. The van der Waals surface area contributed by atoms with Gasteiger partial charge >= 0.3 is 0 Å². The third-order valence-electron chi connectivity index (χ3n) is 4.57.